The summed E-state index contributed by atoms with van der Waals surface area (Å²) < 4.78 is 0. The van der Waals surface area contributed by atoms with E-state index < -0.39 is 16.3 Å². The summed E-state index contributed by atoms with van der Waals surface area (Å²) in [7, 11) is 0. The monoisotopic (exact) mass is 279 g/mol. The first-order valence-corrected chi connectivity index (χ1v) is 6.49. The van der Waals surface area contributed by atoms with Crippen molar-refractivity contribution in [2.45, 2.75) is 26.7 Å². The molecule has 1 saturated heterocycles. The summed E-state index contributed by atoms with van der Waals surface area (Å²) >= 11 is 0. The van der Waals surface area contributed by atoms with Gasteiger partial charge in [0.15, 0.2) is 0 Å². The zero-order valence-electron chi connectivity index (χ0n) is 11.5. The molecule has 1 N–H and O–H groups in total. The van der Waals surface area contributed by atoms with Crippen LogP contribution in [0.2, 0.25) is 0 Å². The minimum Gasteiger partial charge on any atom is -0.481 e. The van der Waals surface area contributed by atoms with Gasteiger partial charge < -0.3 is 10.0 Å². The van der Waals surface area contributed by atoms with Crippen molar-refractivity contribution in [3.05, 3.63) is 27.9 Å². The Morgan fingerprint density at radius 3 is 2.85 bits per heavy atom. The van der Waals surface area contributed by atoms with E-state index in [1.807, 2.05) is 11.8 Å². The second kappa shape index (κ2) is 5.07. The van der Waals surface area contributed by atoms with Crippen LogP contribution in [0.15, 0.2) is 12.3 Å². The Balaban J connectivity index is 2.29. The van der Waals surface area contributed by atoms with E-state index in [4.69, 9.17) is 0 Å². The average Bonchev–Trinajstić information content (AvgIpc) is 2.84. The number of pyridine rings is 1. The molecule has 0 radical (unpaired) electrons. The molecular weight excluding hydrogens is 262 g/mol. The van der Waals surface area contributed by atoms with Gasteiger partial charge in [0.25, 0.3) is 5.69 Å². The molecule has 1 aromatic heterocycles. The van der Waals surface area contributed by atoms with E-state index in [1.165, 1.54) is 12.3 Å². The average molecular weight is 279 g/mol. The molecule has 1 fully saturated rings. The number of nitro groups is 1. The van der Waals surface area contributed by atoms with E-state index in [0.29, 0.717) is 37.3 Å². The summed E-state index contributed by atoms with van der Waals surface area (Å²) in [6.45, 7) is 4.37. The third-order valence-corrected chi connectivity index (χ3v) is 4.07. The highest BCUT2D eigenvalue weighted by Gasteiger charge is 2.43. The molecule has 1 aliphatic rings. The van der Waals surface area contributed by atoms with Gasteiger partial charge in [0.1, 0.15) is 5.82 Å². The number of carbonyl (C=O) groups is 1. The molecule has 7 heteroatoms. The molecule has 108 valence electrons. The first-order chi connectivity index (χ1) is 9.39. The normalized spacial score (nSPS) is 22.0. The van der Waals surface area contributed by atoms with E-state index in [-0.39, 0.29) is 5.69 Å². The lowest BCUT2D eigenvalue weighted by molar-refractivity contribution is -0.385. The molecule has 0 spiro atoms. The van der Waals surface area contributed by atoms with E-state index in [9.17, 15) is 20.0 Å². The van der Waals surface area contributed by atoms with Gasteiger partial charge >= 0.3 is 5.97 Å². The van der Waals surface area contributed by atoms with Crippen molar-refractivity contribution < 1.29 is 14.8 Å². The lowest BCUT2D eigenvalue weighted by Crippen LogP contribution is -2.34. The lowest BCUT2D eigenvalue weighted by atomic mass is 9.84. The molecule has 2 rings (SSSR count). The van der Waals surface area contributed by atoms with E-state index in [2.05, 4.69) is 4.98 Å². The number of hydrogen-bond acceptors (Lipinski definition) is 5. The summed E-state index contributed by atoms with van der Waals surface area (Å²) in [4.78, 5) is 27.9. The Labute approximate surface area is 116 Å². The highest BCUT2D eigenvalue weighted by molar-refractivity contribution is 5.76. The van der Waals surface area contributed by atoms with Crippen molar-refractivity contribution in [1.82, 2.24) is 4.98 Å². The topological polar surface area (TPSA) is 96.6 Å². The van der Waals surface area contributed by atoms with Crippen LogP contribution in [0.5, 0.6) is 0 Å². The van der Waals surface area contributed by atoms with Gasteiger partial charge in [-0.25, -0.2) is 4.98 Å². The minimum absolute atomic E-state index is 0.0133. The number of carboxylic acids is 1. The Hall–Kier alpha value is -2.18. The fourth-order valence-corrected chi connectivity index (χ4v) is 2.55. The largest absolute Gasteiger partial charge is 0.481 e. The Bertz CT molecular complexity index is 561. The molecule has 1 aromatic rings. The van der Waals surface area contributed by atoms with Crippen LogP contribution in [0.25, 0.3) is 0 Å². The van der Waals surface area contributed by atoms with Crippen LogP contribution in [0.3, 0.4) is 0 Å². The van der Waals surface area contributed by atoms with Gasteiger partial charge in [0.2, 0.25) is 0 Å². The molecule has 1 unspecified atom stereocenters. The van der Waals surface area contributed by atoms with Crippen molar-refractivity contribution in [2.75, 3.05) is 18.0 Å². The lowest BCUT2D eigenvalue weighted by Gasteiger charge is -2.23. The quantitative estimate of drug-likeness (QED) is 0.668. The second-order valence-electron chi connectivity index (χ2n) is 5.20. The van der Waals surface area contributed by atoms with Gasteiger partial charge in [-0.15, -0.1) is 0 Å². The molecule has 20 heavy (non-hydrogen) atoms. The Morgan fingerprint density at radius 2 is 2.35 bits per heavy atom. The third-order valence-electron chi connectivity index (χ3n) is 4.07. The van der Waals surface area contributed by atoms with Crippen molar-refractivity contribution in [3.8, 4) is 0 Å². The molecule has 2 heterocycles. The maximum absolute atomic E-state index is 11.4. The first-order valence-electron chi connectivity index (χ1n) is 6.49. The van der Waals surface area contributed by atoms with Gasteiger partial charge in [-0.3, -0.25) is 14.9 Å². The van der Waals surface area contributed by atoms with Crippen LogP contribution in [-0.4, -0.2) is 34.1 Å². The molecule has 1 atom stereocenters. The number of aromatic nitrogens is 1. The standard InChI is InChI=1S/C13H17N3O4/c1-3-13(12(17)18)4-5-15(8-13)11-6-10(16(19)20)9(2)7-14-11/h6-7H,3-5,8H2,1-2H3,(H,17,18). The van der Waals surface area contributed by atoms with Crippen LogP contribution >= 0.6 is 0 Å². The van der Waals surface area contributed by atoms with Crippen LogP contribution in [0.1, 0.15) is 25.3 Å². The maximum atomic E-state index is 11.4. The summed E-state index contributed by atoms with van der Waals surface area (Å²) in [6, 6.07) is 1.42. The number of hydrogen-bond donors (Lipinski definition) is 1. The molecule has 0 bridgehead atoms. The predicted molar refractivity (Wildman–Crippen MR) is 72.8 cm³/mol. The molecule has 0 amide bonds. The van der Waals surface area contributed by atoms with Crippen LogP contribution in [0.4, 0.5) is 11.5 Å². The summed E-state index contributed by atoms with van der Waals surface area (Å²) in [6.07, 6.45) is 2.52. The van der Waals surface area contributed by atoms with Crippen molar-refractivity contribution in [3.63, 3.8) is 0 Å². The second-order valence-corrected chi connectivity index (χ2v) is 5.20. The SMILES string of the molecule is CCC1(C(=O)O)CCN(c2cc([N+](=O)[O-])c(C)cn2)C1. The minimum atomic E-state index is -0.816. The molecule has 0 aliphatic carbocycles. The summed E-state index contributed by atoms with van der Waals surface area (Å²) in [5.74, 6) is -0.344. The van der Waals surface area contributed by atoms with Crippen molar-refractivity contribution >= 4 is 17.5 Å². The zero-order chi connectivity index (χ0) is 14.9. The number of rotatable bonds is 4. The van der Waals surface area contributed by atoms with Gasteiger partial charge in [0, 0.05) is 24.8 Å². The number of aliphatic carboxylic acids is 1. The fraction of sp³-hybridized carbons (Fsp3) is 0.538. The fourth-order valence-electron chi connectivity index (χ4n) is 2.55. The molecular formula is C13H17N3O4. The summed E-state index contributed by atoms with van der Waals surface area (Å²) in [5.41, 5.74) is -0.265. The Kier molecular flexibility index (Phi) is 3.61. The molecule has 0 aromatic carbocycles. The predicted octanol–water partition coefficient (Wildman–Crippen LogP) is 1.99. The van der Waals surface area contributed by atoms with Crippen molar-refractivity contribution in [2.24, 2.45) is 5.41 Å². The zero-order valence-corrected chi connectivity index (χ0v) is 11.5. The van der Waals surface area contributed by atoms with E-state index in [0.717, 1.165) is 0 Å². The Morgan fingerprint density at radius 1 is 1.65 bits per heavy atom. The number of nitrogens with zero attached hydrogens (tertiary/aromatic N) is 3. The molecule has 0 saturated carbocycles. The van der Waals surface area contributed by atoms with E-state index in [1.54, 1.807) is 6.92 Å². The van der Waals surface area contributed by atoms with E-state index >= 15 is 0 Å². The van der Waals surface area contributed by atoms with Crippen LogP contribution < -0.4 is 4.90 Å². The van der Waals surface area contributed by atoms with Gasteiger partial charge in [0.05, 0.1) is 16.4 Å². The van der Waals surface area contributed by atoms with Crippen molar-refractivity contribution in [1.29, 1.82) is 0 Å². The molecule has 7 nitrogen and oxygen atoms in total. The van der Waals surface area contributed by atoms with Crippen LogP contribution in [-0.2, 0) is 4.79 Å². The highest BCUT2D eigenvalue weighted by atomic mass is 16.6. The maximum Gasteiger partial charge on any atom is 0.311 e. The number of anilines is 1. The highest BCUT2D eigenvalue weighted by Crippen LogP contribution is 2.37. The smallest absolute Gasteiger partial charge is 0.311 e. The number of aryl methyl sites for hydroxylation is 1. The van der Waals surface area contributed by atoms with Gasteiger partial charge in [-0.2, -0.15) is 0 Å². The first kappa shape index (κ1) is 14.2. The molecule has 1 aliphatic heterocycles. The third kappa shape index (κ3) is 2.31. The van der Waals surface area contributed by atoms with Gasteiger partial charge in [-0.05, 0) is 19.8 Å². The summed E-state index contributed by atoms with van der Waals surface area (Å²) in [5, 5.41) is 20.3. The van der Waals surface area contributed by atoms with Gasteiger partial charge in [-0.1, -0.05) is 6.92 Å². The number of carboxylic acid groups (broad SMARTS) is 1. The van der Waals surface area contributed by atoms with Crippen LogP contribution in [0, 0.1) is 22.5 Å².